The summed E-state index contributed by atoms with van der Waals surface area (Å²) in [5.74, 6) is 1.74. The van der Waals surface area contributed by atoms with Crippen molar-refractivity contribution in [3.63, 3.8) is 0 Å². The van der Waals surface area contributed by atoms with Gasteiger partial charge < -0.3 is 10.1 Å². The number of imidazole rings is 1. The Morgan fingerprint density at radius 1 is 1.16 bits per heavy atom. The highest BCUT2D eigenvalue weighted by Gasteiger charge is 2.04. The SMILES string of the molecule is CNc1ccc2cnc(COc3ccccc3)n2c1. The topological polar surface area (TPSA) is 38.6 Å². The molecule has 4 heteroatoms. The first-order valence-corrected chi connectivity index (χ1v) is 6.18. The number of ether oxygens (including phenoxy) is 1. The van der Waals surface area contributed by atoms with Crippen LogP contribution in [0.1, 0.15) is 5.82 Å². The zero-order valence-corrected chi connectivity index (χ0v) is 10.7. The van der Waals surface area contributed by atoms with E-state index in [0.29, 0.717) is 6.61 Å². The Bertz CT molecular complexity index is 676. The highest BCUT2D eigenvalue weighted by atomic mass is 16.5. The smallest absolute Gasteiger partial charge is 0.151 e. The molecule has 0 radical (unpaired) electrons. The van der Waals surface area contributed by atoms with Gasteiger partial charge in [-0.2, -0.15) is 0 Å². The molecule has 0 bridgehead atoms. The molecule has 3 rings (SSSR count). The van der Waals surface area contributed by atoms with Crippen molar-refractivity contribution in [3.8, 4) is 5.75 Å². The van der Waals surface area contributed by atoms with E-state index in [4.69, 9.17) is 4.74 Å². The third kappa shape index (κ3) is 2.38. The molecule has 4 nitrogen and oxygen atoms in total. The minimum atomic E-state index is 0.450. The lowest BCUT2D eigenvalue weighted by atomic mass is 10.3. The van der Waals surface area contributed by atoms with E-state index in [9.17, 15) is 0 Å². The summed E-state index contributed by atoms with van der Waals surface area (Å²) in [5, 5.41) is 3.12. The van der Waals surface area contributed by atoms with Crippen LogP contribution in [0.15, 0.2) is 54.9 Å². The number of aromatic nitrogens is 2. The van der Waals surface area contributed by atoms with E-state index in [2.05, 4.69) is 10.3 Å². The van der Waals surface area contributed by atoms with Gasteiger partial charge in [-0.25, -0.2) is 4.98 Å². The molecule has 19 heavy (non-hydrogen) atoms. The van der Waals surface area contributed by atoms with Gasteiger partial charge in [0.15, 0.2) is 5.82 Å². The van der Waals surface area contributed by atoms with E-state index in [1.807, 2.05) is 66.3 Å². The average Bonchev–Trinajstić information content (AvgIpc) is 2.88. The molecule has 1 N–H and O–H groups in total. The fraction of sp³-hybridized carbons (Fsp3) is 0.133. The van der Waals surface area contributed by atoms with Gasteiger partial charge in [-0.3, -0.25) is 4.40 Å². The Hall–Kier alpha value is -2.49. The van der Waals surface area contributed by atoms with Crippen molar-refractivity contribution in [2.24, 2.45) is 0 Å². The van der Waals surface area contributed by atoms with Gasteiger partial charge in [-0.15, -0.1) is 0 Å². The third-order valence-electron chi connectivity index (χ3n) is 3.00. The average molecular weight is 253 g/mol. The van der Waals surface area contributed by atoms with E-state index in [-0.39, 0.29) is 0 Å². The Kier molecular flexibility index (Phi) is 3.06. The minimum absolute atomic E-state index is 0.450. The zero-order chi connectivity index (χ0) is 13.1. The van der Waals surface area contributed by atoms with E-state index < -0.39 is 0 Å². The maximum absolute atomic E-state index is 5.73. The summed E-state index contributed by atoms with van der Waals surface area (Å²) in [7, 11) is 1.90. The van der Waals surface area contributed by atoms with Crippen LogP contribution in [0, 0.1) is 0 Å². The van der Waals surface area contributed by atoms with E-state index in [1.165, 1.54) is 0 Å². The number of nitrogens with one attached hydrogen (secondary N) is 1. The second-order valence-corrected chi connectivity index (χ2v) is 4.24. The first-order chi connectivity index (χ1) is 9.36. The molecule has 0 aliphatic rings. The van der Waals surface area contributed by atoms with Gasteiger partial charge in [0.2, 0.25) is 0 Å². The molecule has 0 unspecified atom stereocenters. The standard InChI is InChI=1S/C15H15N3O/c1-16-12-7-8-13-9-17-15(18(13)10-12)11-19-14-5-3-2-4-6-14/h2-10,16H,11H2,1H3. The van der Waals surface area contributed by atoms with Crippen molar-refractivity contribution in [3.05, 3.63) is 60.7 Å². The number of anilines is 1. The van der Waals surface area contributed by atoms with E-state index >= 15 is 0 Å². The third-order valence-corrected chi connectivity index (χ3v) is 3.00. The predicted octanol–water partition coefficient (Wildman–Crippen LogP) is 2.96. The zero-order valence-electron chi connectivity index (χ0n) is 10.7. The number of para-hydroxylation sites is 1. The van der Waals surface area contributed by atoms with Gasteiger partial charge in [-0.05, 0) is 24.3 Å². The first kappa shape index (κ1) is 11.6. The number of fused-ring (bicyclic) bond motifs is 1. The fourth-order valence-corrected chi connectivity index (χ4v) is 1.96. The van der Waals surface area contributed by atoms with Crippen LogP contribution in [0.2, 0.25) is 0 Å². The summed E-state index contributed by atoms with van der Waals surface area (Å²) < 4.78 is 7.76. The van der Waals surface area contributed by atoms with Crippen LogP contribution in [0.4, 0.5) is 5.69 Å². The summed E-state index contributed by atoms with van der Waals surface area (Å²) in [6.07, 6.45) is 3.87. The molecule has 0 amide bonds. The maximum Gasteiger partial charge on any atom is 0.151 e. The molecule has 3 aromatic rings. The van der Waals surface area contributed by atoms with Gasteiger partial charge in [0.25, 0.3) is 0 Å². The first-order valence-electron chi connectivity index (χ1n) is 6.18. The number of benzene rings is 1. The van der Waals surface area contributed by atoms with Gasteiger partial charge in [0.05, 0.1) is 17.4 Å². The molecule has 0 aliphatic heterocycles. The van der Waals surface area contributed by atoms with Crippen LogP contribution in [0.25, 0.3) is 5.52 Å². The molecule has 0 spiro atoms. The molecule has 0 aliphatic carbocycles. The minimum Gasteiger partial charge on any atom is -0.486 e. The highest BCUT2D eigenvalue weighted by molar-refractivity contribution is 5.53. The Labute approximate surface area is 111 Å². The summed E-state index contributed by atoms with van der Waals surface area (Å²) in [4.78, 5) is 4.40. The Balaban J connectivity index is 1.84. The molecule has 96 valence electrons. The lowest BCUT2D eigenvalue weighted by molar-refractivity contribution is 0.295. The van der Waals surface area contributed by atoms with E-state index in [0.717, 1.165) is 22.8 Å². The normalized spacial score (nSPS) is 10.6. The van der Waals surface area contributed by atoms with Crippen LogP contribution < -0.4 is 10.1 Å². The molecule has 2 heterocycles. The molecular formula is C15H15N3O. The monoisotopic (exact) mass is 253 g/mol. The van der Waals surface area contributed by atoms with Crippen LogP contribution in [0.3, 0.4) is 0 Å². The Morgan fingerprint density at radius 2 is 2.00 bits per heavy atom. The Morgan fingerprint density at radius 3 is 2.79 bits per heavy atom. The number of hydrogen-bond acceptors (Lipinski definition) is 3. The summed E-state index contributed by atoms with van der Waals surface area (Å²) in [5.41, 5.74) is 2.11. The van der Waals surface area contributed by atoms with Crippen molar-refractivity contribution in [2.75, 3.05) is 12.4 Å². The molecule has 0 atom stereocenters. The van der Waals surface area contributed by atoms with Crippen molar-refractivity contribution >= 4 is 11.2 Å². The van der Waals surface area contributed by atoms with Crippen LogP contribution in [-0.2, 0) is 6.61 Å². The van der Waals surface area contributed by atoms with Gasteiger partial charge in [0.1, 0.15) is 12.4 Å². The van der Waals surface area contributed by atoms with Crippen LogP contribution in [0.5, 0.6) is 5.75 Å². The summed E-state index contributed by atoms with van der Waals surface area (Å²) >= 11 is 0. The number of nitrogens with zero attached hydrogens (tertiary/aromatic N) is 2. The second kappa shape index (κ2) is 5.02. The lowest BCUT2D eigenvalue weighted by Crippen LogP contribution is -2.02. The number of rotatable bonds is 4. The van der Waals surface area contributed by atoms with Crippen molar-refractivity contribution in [1.29, 1.82) is 0 Å². The van der Waals surface area contributed by atoms with Crippen LogP contribution in [-0.4, -0.2) is 16.4 Å². The van der Waals surface area contributed by atoms with Gasteiger partial charge in [-0.1, -0.05) is 18.2 Å². The highest BCUT2D eigenvalue weighted by Crippen LogP contribution is 2.15. The van der Waals surface area contributed by atoms with Gasteiger partial charge >= 0.3 is 0 Å². The maximum atomic E-state index is 5.73. The van der Waals surface area contributed by atoms with Crippen LogP contribution >= 0.6 is 0 Å². The van der Waals surface area contributed by atoms with Crippen molar-refractivity contribution in [1.82, 2.24) is 9.38 Å². The molecule has 0 saturated carbocycles. The number of hydrogen-bond donors (Lipinski definition) is 1. The van der Waals surface area contributed by atoms with Crippen molar-refractivity contribution in [2.45, 2.75) is 6.61 Å². The second-order valence-electron chi connectivity index (χ2n) is 4.24. The summed E-state index contributed by atoms with van der Waals surface area (Å²) in [6, 6.07) is 13.8. The predicted molar refractivity (Wildman–Crippen MR) is 75.5 cm³/mol. The molecule has 2 aromatic heterocycles. The molecule has 0 saturated heterocycles. The quantitative estimate of drug-likeness (QED) is 0.777. The molecular weight excluding hydrogens is 238 g/mol. The largest absolute Gasteiger partial charge is 0.486 e. The van der Waals surface area contributed by atoms with Gasteiger partial charge in [0, 0.05) is 13.2 Å². The number of pyridine rings is 1. The molecule has 0 fully saturated rings. The van der Waals surface area contributed by atoms with E-state index in [1.54, 1.807) is 0 Å². The molecule has 1 aromatic carbocycles. The van der Waals surface area contributed by atoms with Crippen molar-refractivity contribution < 1.29 is 4.74 Å². The fourth-order valence-electron chi connectivity index (χ4n) is 1.96. The lowest BCUT2D eigenvalue weighted by Gasteiger charge is -2.06. The summed E-state index contributed by atoms with van der Waals surface area (Å²) in [6.45, 7) is 0.450.